The van der Waals surface area contributed by atoms with Crippen molar-refractivity contribution in [3.63, 3.8) is 0 Å². The maximum Gasteiger partial charge on any atom is 0.306 e. The van der Waals surface area contributed by atoms with Crippen LogP contribution in [0.25, 0.3) is 0 Å². The van der Waals surface area contributed by atoms with Gasteiger partial charge in [-0.25, -0.2) is 5.06 Å². The molecule has 120 valence electrons. The lowest BCUT2D eigenvalue weighted by atomic mass is 9.93. The lowest BCUT2D eigenvalue weighted by molar-refractivity contribution is -0.183. The van der Waals surface area contributed by atoms with Crippen LogP contribution in [-0.2, 0) is 21.0 Å². The molecule has 0 spiro atoms. The Hall–Kier alpha value is -1.75. The molecule has 0 aromatic heterocycles. The lowest BCUT2D eigenvalue weighted by Crippen LogP contribution is -2.32. The summed E-state index contributed by atoms with van der Waals surface area (Å²) in [4.78, 5) is 27.7. The third-order valence-electron chi connectivity index (χ3n) is 4.17. The van der Waals surface area contributed by atoms with Gasteiger partial charge in [0.1, 0.15) is 6.61 Å². The summed E-state index contributed by atoms with van der Waals surface area (Å²) in [7, 11) is 0. The van der Waals surface area contributed by atoms with Crippen LogP contribution in [-0.4, -0.2) is 24.1 Å². The molecule has 1 aromatic carbocycles. The van der Waals surface area contributed by atoms with Gasteiger partial charge in [-0.2, -0.15) is 4.39 Å². The SMILES string of the molecule is O=CN(C[C@@H](CC1CCCC1)C(=O)F)OCc1ccccc1. The summed E-state index contributed by atoms with van der Waals surface area (Å²) in [6.45, 7) is 0.193. The predicted octanol–water partition coefficient (Wildman–Crippen LogP) is 3.27. The minimum absolute atomic E-state index is 0.0256. The molecule has 1 aromatic rings. The molecule has 1 saturated carbocycles. The third-order valence-corrected chi connectivity index (χ3v) is 4.17. The van der Waals surface area contributed by atoms with Gasteiger partial charge in [0.05, 0.1) is 12.5 Å². The molecular formula is C17H22FNO3. The molecule has 0 aliphatic heterocycles. The molecule has 0 radical (unpaired) electrons. The molecule has 4 nitrogen and oxygen atoms in total. The Morgan fingerprint density at radius 3 is 2.59 bits per heavy atom. The van der Waals surface area contributed by atoms with Gasteiger partial charge in [0.25, 0.3) is 0 Å². The number of hydroxylamine groups is 2. The van der Waals surface area contributed by atoms with Crippen molar-refractivity contribution in [2.45, 2.75) is 38.7 Å². The van der Waals surface area contributed by atoms with Crippen LogP contribution in [0.5, 0.6) is 0 Å². The summed E-state index contributed by atoms with van der Waals surface area (Å²) >= 11 is 0. The van der Waals surface area contributed by atoms with E-state index in [0.717, 1.165) is 36.3 Å². The molecule has 0 bridgehead atoms. The average molecular weight is 307 g/mol. The van der Waals surface area contributed by atoms with Crippen LogP contribution >= 0.6 is 0 Å². The van der Waals surface area contributed by atoms with E-state index in [2.05, 4.69) is 0 Å². The number of amides is 1. The second-order valence-corrected chi connectivity index (χ2v) is 5.85. The van der Waals surface area contributed by atoms with E-state index in [1.807, 2.05) is 30.3 Å². The van der Waals surface area contributed by atoms with Crippen molar-refractivity contribution < 1.29 is 18.8 Å². The van der Waals surface area contributed by atoms with Gasteiger partial charge < -0.3 is 0 Å². The lowest BCUT2D eigenvalue weighted by Gasteiger charge is -2.22. The molecular weight excluding hydrogens is 285 g/mol. The number of rotatable bonds is 9. The summed E-state index contributed by atoms with van der Waals surface area (Å²) in [6.07, 6.45) is 5.35. The van der Waals surface area contributed by atoms with Crippen molar-refractivity contribution in [1.82, 2.24) is 5.06 Å². The van der Waals surface area contributed by atoms with Crippen LogP contribution in [0.2, 0.25) is 0 Å². The average Bonchev–Trinajstić information content (AvgIpc) is 3.04. The van der Waals surface area contributed by atoms with Gasteiger partial charge in [-0.05, 0) is 17.9 Å². The molecule has 1 aliphatic carbocycles. The van der Waals surface area contributed by atoms with Crippen LogP contribution in [0.15, 0.2) is 30.3 Å². The maximum atomic E-state index is 13.2. The van der Waals surface area contributed by atoms with E-state index >= 15 is 0 Å². The van der Waals surface area contributed by atoms with Gasteiger partial charge >= 0.3 is 6.04 Å². The zero-order chi connectivity index (χ0) is 15.8. The van der Waals surface area contributed by atoms with E-state index in [0.29, 0.717) is 18.7 Å². The Bertz CT molecular complexity index is 474. The fourth-order valence-electron chi connectivity index (χ4n) is 2.96. The molecule has 0 unspecified atom stereocenters. The van der Waals surface area contributed by atoms with E-state index < -0.39 is 12.0 Å². The second kappa shape index (κ2) is 8.63. The monoisotopic (exact) mass is 307 g/mol. The van der Waals surface area contributed by atoms with Crippen molar-refractivity contribution in [2.24, 2.45) is 11.8 Å². The minimum atomic E-state index is -1.36. The summed E-state index contributed by atoms with van der Waals surface area (Å²) in [5, 5.41) is 1.03. The van der Waals surface area contributed by atoms with E-state index in [1.165, 1.54) is 0 Å². The zero-order valence-corrected chi connectivity index (χ0v) is 12.6. The van der Waals surface area contributed by atoms with Crippen LogP contribution in [0, 0.1) is 11.8 Å². The summed E-state index contributed by atoms with van der Waals surface area (Å²) < 4.78 is 13.2. The number of nitrogens with zero attached hydrogens (tertiary/aromatic N) is 1. The summed E-state index contributed by atoms with van der Waals surface area (Å²) in [5.74, 6) is -0.406. The smallest absolute Gasteiger partial charge is 0.276 e. The van der Waals surface area contributed by atoms with Crippen LogP contribution in [0.3, 0.4) is 0 Å². The Balaban J connectivity index is 1.85. The molecule has 22 heavy (non-hydrogen) atoms. The van der Waals surface area contributed by atoms with Gasteiger partial charge in [-0.15, -0.1) is 0 Å². The maximum absolute atomic E-state index is 13.2. The summed E-state index contributed by atoms with van der Waals surface area (Å²) in [5.41, 5.74) is 0.910. The van der Waals surface area contributed by atoms with Crippen molar-refractivity contribution in [1.29, 1.82) is 0 Å². The minimum Gasteiger partial charge on any atom is -0.276 e. The first-order valence-corrected chi connectivity index (χ1v) is 7.77. The number of carbonyl (C=O) groups is 2. The van der Waals surface area contributed by atoms with Gasteiger partial charge in [-0.1, -0.05) is 56.0 Å². The molecule has 0 N–H and O–H groups in total. The normalized spacial score (nSPS) is 16.4. The zero-order valence-electron chi connectivity index (χ0n) is 12.6. The Morgan fingerprint density at radius 1 is 1.32 bits per heavy atom. The van der Waals surface area contributed by atoms with Gasteiger partial charge in [-0.3, -0.25) is 14.4 Å². The highest BCUT2D eigenvalue weighted by Gasteiger charge is 2.27. The Morgan fingerprint density at radius 2 is 2.00 bits per heavy atom. The Kier molecular flexibility index (Phi) is 6.52. The molecule has 0 heterocycles. The molecule has 1 aliphatic rings. The molecule has 5 heteroatoms. The van der Waals surface area contributed by atoms with Crippen molar-refractivity contribution in [3.8, 4) is 0 Å². The number of carbonyl (C=O) groups excluding carboxylic acids is 2. The number of hydrogen-bond donors (Lipinski definition) is 0. The fourth-order valence-corrected chi connectivity index (χ4v) is 2.96. The topological polar surface area (TPSA) is 46.6 Å². The van der Waals surface area contributed by atoms with Gasteiger partial charge in [0.15, 0.2) is 0 Å². The quantitative estimate of drug-likeness (QED) is 0.399. The highest BCUT2D eigenvalue weighted by atomic mass is 19.1. The molecule has 1 fully saturated rings. The van der Waals surface area contributed by atoms with E-state index in [1.54, 1.807) is 0 Å². The van der Waals surface area contributed by atoms with Crippen LogP contribution in [0.4, 0.5) is 4.39 Å². The second-order valence-electron chi connectivity index (χ2n) is 5.85. The highest BCUT2D eigenvalue weighted by molar-refractivity contribution is 5.71. The van der Waals surface area contributed by atoms with Crippen molar-refractivity contribution in [2.75, 3.05) is 6.54 Å². The number of benzene rings is 1. The first-order valence-electron chi connectivity index (χ1n) is 7.77. The van der Waals surface area contributed by atoms with E-state index in [4.69, 9.17) is 4.84 Å². The molecule has 0 saturated heterocycles. The van der Waals surface area contributed by atoms with Gasteiger partial charge in [0, 0.05) is 0 Å². The van der Waals surface area contributed by atoms with Crippen LogP contribution < -0.4 is 0 Å². The third kappa shape index (κ3) is 5.22. The number of halogens is 1. The number of hydrogen-bond acceptors (Lipinski definition) is 3. The van der Waals surface area contributed by atoms with E-state index in [9.17, 15) is 14.0 Å². The largest absolute Gasteiger partial charge is 0.306 e. The van der Waals surface area contributed by atoms with Crippen molar-refractivity contribution in [3.05, 3.63) is 35.9 Å². The van der Waals surface area contributed by atoms with E-state index in [-0.39, 0.29) is 13.2 Å². The first kappa shape index (κ1) is 16.6. The predicted molar refractivity (Wildman–Crippen MR) is 80.2 cm³/mol. The van der Waals surface area contributed by atoms with Crippen molar-refractivity contribution >= 4 is 12.4 Å². The first-order chi connectivity index (χ1) is 10.7. The fraction of sp³-hybridized carbons (Fsp3) is 0.529. The molecule has 1 atom stereocenters. The van der Waals surface area contributed by atoms with Gasteiger partial charge in [0.2, 0.25) is 6.41 Å². The van der Waals surface area contributed by atoms with Crippen LogP contribution in [0.1, 0.15) is 37.7 Å². The molecule has 2 rings (SSSR count). The summed E-state index contributed by atoms with van der Waals surface area (Å²) in [6, 6.07) is 8.02. The highest BCUT2D eigenvalue weighted by Crippen LogP contribution is 2.31. The molecule has 1 amide bonds. The Labute approximate surface area is 130 Å². The standard InChI is InChI=1S/C17H22FNO3/c18-17(21)16(10-14-6-4-5-7-14)11-19(13-20)22-12-15-8-2-1-3-9-15/h1-3,8-9,13-14,16H,4-7,10-12H2/t16-/m1/s1.